The fourth-order valence-corrected chi connectivity index (χ4v) is 2.96. The largest absolute Gasteiger partial charge is 0.490 e. The standard InChI is InChI=1S/C21H20FN3O5/c1-2-25-11-15(21(27)28)19(26)14-9-16(22)18(10-17(14)25)30-8-7-29-13-5-3-12(4-6-13)20(23)24/h3-6,9-11H,2,7-8H2,1H3,(H3,23,24)(H,27,28). The number of hydrogen-bond donors (Lipinski definition) is 3. The van der Waals surface area contributed by atoms with E-state index < -0.39 is 22.8 Å². The summed E-state index contributed by atoms with van der Waals surface area (Å²) in [6.07, 6.45) is 1.24. The fraction of sp³-hybridized carbons (Fsp3) is 0.190. The number of ether oxygens (including phenoxy) is 2. The molecule has 0 bridgehead atoms. The Morgan fingerprint density at radius 1 is 1.20 bits per heavy atom. The van der Waals surface area contributed by atoms with Crippen LogP contribution in [-0.2, 0) is 6.54 Å². The van der Waals surface area contributed by atoms with E-state index in [0.29, 0.717) is 23.4 Å². The molecule has 1 aromatic heterocycles. The maximum atomic E-state index is 14.4. The highest BCUT2D eigenvalue weighted by Gasteiger charge is 2.17. The van der Waals surface area contributed by atoms with E-state index in [1.54, 1.807) is 35.8 Å². The first kappa shape index (κ1) is 20.8. The Bertz CT molecular complexity index is 1170. The van der Waals surface area contributed by atoms with Gasteiger partial charge in [0.2, 0.25) is 5.43 Å². The summed E-state index contributed by atoms with van der Waals surface area (Å²) < 4.78 is 27.0. The number of fused-ring (bicyclic) bond motifs is 1. The van der Waals surface area contributed by atoms with E-state index in [9.17, 15) is 19.1 Å². The molecule has 0 aliphatic heterocycles. The van der Waals surface area contributed by atoms with Crippen LogP contribution in [-0.4, -0.2) is 34.7 Å². The summed E-state index contributed by atoms with van der Waals surface area (Å²) in [4.78, 5) is 23.6. The molecule has 8 nitrogen and oxygen atoms in total. The Morgan fingerprint density at radius 3 is 2.47 bits per heavy atom. The molecule has 9 heteroatoms. The molecule has 3 aromatic rings. The van der Waals surface area contributed by atoms with Crippen molar-refractivity contribution in [1.82, 2.24) is 4.57 Å². The average molecular weight is 413 g/mol. The Labute approximate surface area is 170 Å². The minimum Gasteiger partial charge on any atom is -0.490 e. The number of nitrogens with one attached hydrogen (secondary N) is 1. The highest BCUT2D eigenvalue weighted by Crippen LogP contribution is 2.24. The normalized spacial score (nSPS) is 10.7. The Kier molecular flexibility index (Phi) is 6.01. The van der Waals surface area contributed by atoms with Crippen LogP contribution in [0.1, 0.15) is 22.8 Å². The highest BCUT2D eigenvalue weighted by molar-refractivity contribution is 5.95. The number of aromatic carboxylic acids is 1. The van der Waals surface area contributed by atoms with Gasteiger partial charge in [-0.2, -0.15) is 0 Å². The predicted octanol–water partition coefficient (Wildman–Crippen LogP) is 2.60. The lowest BCUT2D eigenvalue weighted by atomic mass is 10.1. The Morgan fingerprint density at radius 2 is 1.87 bits per heavy atom. The first-order valence-corrected chi connectivity index (χ1v) is 9.11. The quantitative estimate of drug-likeness (QED) is 0.296. The summed E-state index contributed by atoms with van der Waals surface area (Å²) in [6, 6.07) is 8.99. The lowest BCUT2D eigenvalue weighted by molar-refractivity contribution is 0.0695. The van der Waals surface area contributed by atoms with Crippen LogP contribution in [0, 0.1) is 11.2 Å². The van der Waals surface area contributed by atoms with Crippen molar-refractivity contribution >= 4 is 22.7 Å². The van der Waals surface area contributed by atoms with Gasteiger partial charge in [0.1, 0.15) is 30.4 Å². The number of rotatable bonds is 8. The van der Waals surface area contributed by atoms with Gasteiger partial charge in [0.15, 0.2) is 11.6 Å². The number of hydrogen-bond acceptors (Lipinski definition) is 5. The summed E-state index contributed by atoms with van der Waals surface area (Å²) in [7, 11) is 0. The molecule has 4 N–H and O–H groups in total. The summed E-state index contributed by atoms with van der Waals surface area (Å²) in [6.45, 7) is 2.35. The maximum Gasteiger partial charge on any atom is 0.341 e. The van der Waals surface area contributed by atoms with E-state index in [2.05, 4.69) is 0 Å². The molecule has 156 valence electrons. The topological polar surface area (TPSA) is 128 Å². The molecular formula is C21H20FN3O5. The lowest BCUT2D eigenvalue weighted by Crippen LogP contribution is -2.19. The van der Waals surface area contributed by atoms with Crippen LogP contribution in [0.2, 0.25) is 0 Å². The maximum absolute atomic E-state index is 14.4. The van der Waals surface area contributed by atoms with Gasteiger partial charge in [-0.1, -0.05) is 0 Å². The second-order valence-electron chi connectivity index (χ2n) is 6.40. The molecule has 0 spiro atoms. The van der Waals surface area contributed by atoms with Gasteiger partial charge in [-0.15, -0.1) is 0 Å². The first-order chi connectivity index (χ1) is 14.3. The summed E-state index contributed by atoms with van der Waals surface area (Å²) in [5, 5.41) is 16.5. The van der Waals surface area contributed by atoms with Crippen LogP contribution < -0.4 is 20.6 Å². The van der Waals surface area contributed by atoms with Crippen LogP contribution in [0.4, 0.5) is 4.39 Å². The highest BCUT2D eigenvalue weighted by atomic mass is 19.1. The molecule has 0 radical (unpaired) electrons. The molecular weight excluding hydrogens is 393 g/mol. The number of nitrogen functional groups attached to an aromatic ring is 1. The average Bonchev–Trinajstić information content (AvgIpc) is 2.72. The van der Waals surface area contributed by atoms with Gasteiger partial charge in [-0.3, -0.25) is 10.2 Å². The van der Waals surface area contributed by atoms with Gasteiger partial charge in [0, 0.05) is 29.8 Å². The summed E-state index contributed by atoms with van der Waals surface area (Å²) in [5.74, 6) is -1.70. The second-order valence-corrected chi connectivity index (χ2v) is 6.40. The van der Waals surface area contributed by atoms with E-state index in [1.165, 1.54) is 12.3 Å². The number of aromatic nitrogens is 1. The van der Waals surface area contributed by atoms with E-state index >= 15 is 0 Å². The smallest absolute Gasteiger partial charge is 0.341 e. The zero-order chi connectivity index (χ0) is 21.8. The van der Waals surface area contributed by atoms with E-state index in [1.807, 2.05) is 0 Å². The minimum atomic E-state index is -1.36. The number of carboxylic acid groups (broad SMARTS) is 1. The van der Waals surface area contributed by atoms with Gasteiger partial charge in [0.25, 0.3) is 0 Å². The van der Waals surface area contributed by atoms with Gasteiger partial charge >= 0.3 is 5.97 Å². The molecule has 0 aliphatic carbocycles. The second kappa shape index (κ2) is 8.64. The number of pyridine rings is 1. The van der Waals surface area contributed by atoms with Gasteiger partial charge < -0.3 is 24.9 Å². The van der Waals surface area contributed by atoms with Crippen LogP contribution in [0.3, 0.4) is 0 Å². The number of halogens is 1. The van der Waals surface area contributed by atoms with Crippen LogP contribution >= 0.6 is 0 Å². The van der Waals surface area contributed by atoms with E-state index in [0.717, 1.165) is 6.07 Å². The van der Waals surface area contributed by atoms with E-state index in [-0.39, 0.29) is 30.2 Å². The van der Waals surface area contributed by atoms with Crippen molar-refractivity contribution in [2.24, 2.45) is 5.73 Å². The molecule has 1 heterocycles. The molecule has 3 rings (SSSR count). The minimum absolute atomic E-state index is 0.0246. The van der Waals surface area contributed by atoms with Crippen LogP contribution in [0.15, 0.2) is 47.4 Å². The summed E-state index contributed by atoms with van der Waals surface area (Å²) >= 11 is 0. The number of carbonyl (C=O) groups is 1. The zero-order valence-electron chi connectivity index (χ0n) is 16.1. The third kappa shape index (κ3) is 4.24. The van der Waals surface area contributed by atoms with Crippen molar-refractivity contribution in [2.45, 2.75) is 13.5 Å². The van der Waals surface area contributed by atoms with Crippen molar-refractivity contribution in [3.05, 3.63) is 69.8 Å². The number of amidine groups is 1. The van der Waals surface area contributed by atoms with Crippen molar-refractivity contribution in [3.63, 3.8) is 0 Å². The van der Waals surface area contributed by atoms with Crippen molar-refractivity contribution in [2.75, 3.05) is 13.2 Å². The van der Waals surface area contributed by atoms with Gasteiger partial charge in [-0.05, 0) is 37.3 Å². The van der Waals surface area contributed by atoms with Crippen molar-refractivity contribution in [1.29, 1.82) is 5.41 Å². The molecule has 0 saturated heterocycles. The molecule has 30 heavy (non-hydrogen) atoms. The van der Waals surface area contributed by atoms with Gasteiger partial charge in [0.05, 0.1) is 5.52 Å². The molecule has 0 unspecified atom stereocenters. The molecule has 0 amide bonds. The predicted molar refractivity (Wildman–Crippen MR) is 109 cm³/mol. The van der Waals surface area contributed by atoms with Crippen LogP contribution in [0.5, 0.6) is 11.5 Å². The third-order valence-electron chi connectivity index (χ3n) is 4.48. The molecule has 2 aromatic carbocycles. The number of nitrogens with zero attached hydrogens (tertiary/aromatic N) is 1. The number of aryl methyl sites for hydroxylation is 1. The first-order valence-electron chi connectivity index (χ1n) is 9.11. The molecule has 0 saturated carbocycles. The van der Waals surface area contributed by atoms with Crippen molar-refractivity contribution < 1.29 is 23.8 Å². The SMILES string of the molecule is CCn1cc(C(=O)O)c(=O)c2cc(F)c(OCCOc3ccc(C(=N)N)cc3)cc21. The number of benzene rings is 2. The summed E-state index contributed by atoms with van der Waals surface area (Å²) in [5.41, 5.74) is 5.19. The van der Waals surface area contributed by atoms with E-state index in [4.69, 9.17) is 20.6 Å². The Balaban J connectivity index is 1.75. The Hall–Kier alpha value is -3.88. The lowest BCUT2D eigenvalue weighted by Gasteiger charge is -2.13. The molecule has 0 fully saturated rings. The van der Waals surface area contributed by atoms with Crippen LogP contribution in [0.25, 0.3) is 10.9 Å². The number of nitrogens with two attached hydrogens (primary N) is 1. The zero-order valence-corrected chi connectivity index (χ0v) is 16.1. The van der Waals surface area contributed by atoms with Crippen molar-refractivity contribution in [3.8, 4) is 11.5 Å². The third-order valence-corrected chi connectivity index (χ3v) is 4.48. The molecule has 0 aliphatic rings. The fourth-order valence-electron chi connectivity index (χ4n) is 2.96. The number of carboxylic acids is 1. The monoisotopic (exact) mass is 413 g/mol. The van der Waals surface area contributed by atoms with Gasteiger partial charge in [-0.25, -0.2) is 9.18 Å². The molecule has 0 atom stereocenters.